The Labute approximate surface area is 122 Å². The number of esters is 1. The molecule has 0 saturated carbocycles. The quantitative estimate of drug-likeness (QED) is 0.785. The van der Waals surface area contributed by atoms with Crippen LogP contribution in [-0.2, 0) is 11.3 Å². The highest BCUT2D eigenvalue weighted by Gasteiger charge is 2.11. The third-order valence-corrected chi connectivity index (χ3v) is 2.77. The molecular weight excluding hydrogens is 272 g/mol. The second-order valence-electron chi connectivity index (χ2n) is 4.30. The second kappa shape index (κ2) is 6.69. The molecule has 0 radical (unpaired) electrons. The molecule has 0 N–H and O–H groups in total. The van der Waals surface area contributed by atoms with Gasteiger partial charge in [0.1, 0.15) is 6.61 Å². The Hall–Kier alpha value is -2.63. The minimum absolute atomic E-state index is 0.266. The zero-order valence-electron chi connectivity index (χ0n) is 12.1. The molecule has 110 valence electrons. The smallest absolute Gasteiger partial charge is 0.337 e. The van der Waals surface area contributed by atoms with Gasteiger partial charge in [-0.2, -0.15) is 0 Å². The van der Waals surface area contributed by atoms with Crippen LogP contribution in [0.25, 0.3) is 0 Å². The summed E-state index contributed by atoms with van der Waals surface area (Å²) < 4.78 is 15.5. The number of hydrogen-bond donors (Lipinski definition) is 0. The lowest BCUT2D eigenvalue weighted by atomic mass is 10.2. The Kier molecular flexibility index (Phi) is 4.71. The average molecular weight is 288 g/mol. The van der Waals surface area contributed by atoms with E-state index in [1.165, 1.54) is 14.2 Å². The highest BCUT2D eigenvalue weighted by Crippen LogP contribution is 2.28. The zero-order valence-corrected chi connectivity index (χ0v) is 12.1. The lowest BCUT2D eigenvalue weighted by molar-refractivity contribution is 0.0600. The molecular formula is C15H16N2O4. The normalized spacial score (nSPS) is 10.0. The molecule has 0 spiro atoms. The van der Waals surface area contributed by atoms with E-state index in [-0.39, 0.29) is 6.61 Å². The Balaban J connectivity index is 2.14. The van der Waals surface area contributed by atoms with Gasteiger partial charge in [0.05, 0.1) is 37.4 Å². The summed E-state index contributed by atoms with van der Waals surface area (Å²) in [7, 11) is 2.84. The standard InChI is InChI=1S/C15H16N2O4/c1-10-7-16-8-12(17-10)9-21-13-5-4-11(15(18)20-3)6-14(13)19-2/h4-8H,9H2,1-3H3. The Bertz CT molecular complexity index is 643. The van der Waals surface area contributed by atoms with Crippen molar-refractivity contribution in [2.75, 3.05) is 14.2 Å². The fraction of sp³-hybridized carbons (Fsp3) is 0.267. The lowest BCUT2D eigenvalue weighted by Crippen LogP contribution is -2.04. The zero-order chi connectivity index (χ0) is 15.2. The summed E-state index contributed by atoms with van der Waals surface area (Å²) in [6.07, 6.45) is 3.32. The number of rotatable bonds is 5. The highest BCUT2D eigenvalue weighted by atomic mass is 16.5. The molecule has 0 bridgehead atoms. The number of methoxy groups -OCH3 is 2. The molecule has 1 aromatic carbocycles. The van der Waals surface area contributed by atoms with Crippen LogP contribution in [0.2, 0.25) is 0 Å². The number of carbonyl (C=O) groups excluding carboxylic acids is 1. The van der Waals surface area contributed by atoms with Gasteiger partial charge >= 0.3 is 5.97 Å². The Morgan fingerprint density at radius 1 is 1.19 bits per heavy atom. The van der Waals surface area contributed by atoms with E-state index in [0.717, 1.165) is 5.69 Å². The van der Waals surface area contributed by atoms with Crippen LogP contribution in [0.4, 0.5) is 0 Å². The van der Waals surface area contributed by atoms with Gasteiger partial charge in [0, 0.05) is 6.20 Å². The summed E-state index contributed by atoms with van der Waals surface area (Å²) in [6, 6.07) is 4.85. The number of benzene rings is 1. The highest BCUT2D eigenvalue weighted by molar-refractivity contribution is 5.90. The van der Waals surface area contributed by atoms with Crippen molar-refractivity contribution in [2.24, 2.45) is 0 Å². The third-order valence-electron chi connectivity index (χ3n) is 2.77. The molecule has 2 aromatic rings. The summed E-state index contributed by atoms with van der Waals surface area (Å²) in [5, 5.41) is 0. The topological polar surface area (TPSA) is 70.5 Å². The van der Waals surface area contributed by atoms with E-state index in [1.54, 1.807) is 30.6 Å². The number of ether oxygens (including phenoxy) is 3. The molecule has 0 aliphatic carbocycles. The van der Waals surface area contributed by atoms with E-state index in [4.69, 9.17) is 9.47 Å². The van der Waals surface area contributed by atoms with Gasteiger partial charge in [0.15, 0.2) is 11.5 Å². The molecule has 21 heavy (non-hydrogen) atoms. The van der Waals surface area contributed by atoms with Crippen molar-refractivity contribution in [2.45, 2.75) is 13.5 Å². The number of carbonyl (C=O) groups is 1. The van der Waals surface area contributed by atoms with Crippen LogP contribution < -0.4 is 9.47 Å². The summed E-state index contributed by atoms with van der Waals surface area (Å²) in [4.78, 5) is 19.8. The van der Waals surface area contributed by atoms with Crippen molar-refractivity contribution in [3.8, 4) is 11.5 Å². The summed E-state index contributed by atoms with van der Waals surface area (Å²) in [5.74, 6) is 0.552. The molecule has 0 fully saturated rings. The SMILES string of the molecule is COC(=O)c1ccc(OCc2cncc(C)n2)c(OC)c1. The van der Waals surface area contributed by atoms with Gasteiger partial charge < -0.3 is 14.2 Å². The largest absolute Gasteiger partial charge is 0.493 e. The van der Waals surface area contributed by atoms with Crippen LogP contribution in [0.15, 0.2) is 30.6 Å². The maximum Gasteiger partial charge on any atom is 0.337 e. The third kappa shape index (κ3) is 3.68. The van der Waals surface area contributed by atoms with E-state index in [2.05, 4.69) is 14.7 Å². The van der Waals surface area contributed by atoms with Gasteiger partial charge in [-0.3, -0.25) is 9.97 Å². The minimum atomic E-state index is -0.426. The van der Waals surface area contributed by atoms with Crippen molar-refractivity contribution in [1.29, 1.82) is 0 Å². The predicted molar refractivity (Wildman–Crippen MR) is 75.4 cm³/mol. The van der Waals surface area contributed by atoms with E-state index in [0.29, 0.717) is 22.8 Å². The van der Waals surface area contributed by atoms with Gasteiger partial charge in [-0.25, -0.2) is 4.79 Å². The molecule has 6 nitrogen and oxygen atoms in total. The van der Waals surface area contributed by atoms with Crippen molar-refractivity contribution >= 4 is 5.97 Å². The first-order valence-corrected chi connectivity index (χ1v) is 6.30. The van der Waals surface area contributed by atoms with Crippen molar-refractivity contribution in [1.82, 2.24) is 9.97 Å². The Morgan fingerprint density at radius 3 is 2.67 bits per heavy atom. The number of aryl methyl sites for hydroxylation is 1. The van der Waals surface area contributed by atoms with Crippen LogP contribution in [0, 0.1) is 6.92 Å². The van der Waals surface area contributed by atoms with Crippen molar-refractivity contribution in [3.05, 3.63) is 47.5 Å². The van der Waals surface area contributed by atoms with Gasteiger partial charge in [-0.15, -0.1) is 0 Å². The van der Waals surface area contributed by atoms with E-state index < -0.39 is 5.97 Å². The molecule has 0 aliphatic rings. The fourth-order valence-corrected chi connectivity index (χ4v) is 1.77. The van der Waals surface area contributed by atoms with Gasteiger partial charge in [0.2, 0.25) is 0 Å². The summed E-state index contributed by atoms with van der Waals surface area (Å²) in [5.41, 5.74) is 1.94. The molecule has 0 aliphatic heterocycles. The number of nitrogens with zero attached hydrogens (tertiary/aromatic N) is 2. The van der Waals surface area contributed by atoms with E-state index >= 15 is 0 Å². The van der Waals surface area contributed by atoms with Crippen LogP contribution in [0.3, 0.4) is 0 Å². The molecule has 6 heteroatoms. The maximum absolute atomic E-state index is 11.5. The number of aromatic nitrogens is 2. The number of hydrogen-bond acceptors (Lipinski definition) is 6. The first-order valence-electron chi connectivity index (χ1n) is 6.30. The fourth-order valence-electron chi connectivity index (χ4n) is 1.77. The molecule has 0 saturated heterocycles. The summed E-state index contributed by atoms with van der Waals surface area (Å²) in [6.45, 7) is 2.13. The van der Waals surface area contributed by atoms with E-state index in [1.807, 2.05) is 6.92 Å². The van der Waals surface area contributed by atoms with E-state index in [9.17, 15) is 4.79 Å². The lowest BCUT2D eigenvalue weighted by Gasteiger charge is -2.11. The van der Waals surface area contributed by atoms with Gasteiger partial charge in [-0.05, 0) is 25.1 Å². The first-order chi connectivity index (χ1) is 10.1. The van der Waals surface area contributed by atoms with Crippen molar-refractivity contribution < 1.29 is 19.0 Å². The molecule has 0 unspecified atom stereocenters. The maximum atomic E-state index is 11.5. The van der Waals surface area contributed by atoms with Crippen molar-refractivity contribution in [3.63, 3.8) is 0 Å². The predicted octanol–water partition coefficient (Wildman–Crippen LogP) is 2.16. The first kappa shape index (κ1) is 14.8. The molecule has 0 amide bonds. The molecule has 1 aromatic heterocycles. The van der Waals surface area contributed by atoms with Gasteiger partial charge in [0.25, 0.3) is 0 Å². The van der Waals surface area contributed by atoms with Crippen LogP contribution in [-0.4, -0.2) is 30.2 Å². The Morgan fingerprint density at radius 2 is 2.00 bits per heavy atom. The average Bonchev–Trinajstić information content (AvgIpc) is 2.52. The van der Waals surface area contributed by atoms with Crippen LogP contribution in [0.5, 0.6) is 11.5 Å². The minimum Gasteiger partial charge on any atom is -0.493 e. The monoisotopic (exact) mass is 288 g/mol. The summed E-state index contributed by atoms with van der Waals surface area (Å²) >= 11 is 0. The van der Waals surface area contributed by atoms with Crippen LogP contribution in [0.1, 0.15) is 21.7 Å². The molecule has 2 rings (SSSR count). The molecule has 1 heterocycles. The van der Waals surface area contributed by atoms with Crippen LogP contribution >= 0.6 is 0 Å². The molecule has 0 atom stereocenters. The van der Waals surface area contributed by atoms with Gasteiger partial charge in [-0.1, -0.05) is 0 Å². The second-order valence-corrected chi connectivity index (χ2v) is 4.30.